The van der Waals surface area contributed by atoms with Gasteiger partial charge in [-0.3, -0.25) is 4.79 Å². The van der Waals surface area contributed by atoms with Gasteiger partial charge in [0.1, 0.15) is 0 Å². The maximum Gasteiger partial charge on any atom is 0.203 e. The summed E-state index contributed by atoms with van der Waals surface area (Å²) in [6.07, 6.45) is 1.34. The first kappa shape index (κ1) is 16.3. The quantitative estimate of drug-likeness (QED) is 0.745. The zero-order chi connectivity index (χ0) is 15.3. The lowest BCUT2D eigenvalue weighted by Crippen LogP contribution is -2.09. The molecular weight excluding hydrogens is 256 g/mol. The number of methoxy groups -OCH3 is 3. The lowest BCUT2D eigenvalue weighted by molar-refractivity contribution is 0.0965. The average Bonchev–Trinajstić information content (AvgIpc) is 2.42. The summed E-state index contributed by atoms with van der Waals surface area (Å²) in [5.41, 5.74) is 0.722. The summed E-state index contributed by atoms with van der Waals surface area (Å²) in [6.45, 7) is 6.36. The number of ether oxygens (including phenoxy) is 3. The minimum atomic E-state index is 0.0826. The standard InChI is InChI=1S/C16H24O4/c1-16(2,3)8-7-12(17)11-9-13(18-4)15(20-6)14(10-11)19-5/h9-10H,7-8H2,1-6H3. The Labute approximate surface area is 121 Å². The molecule has 0 fully saturated rings. The number of hydrogen-bond acceptors (Lipinski definition) is 4. The van der Waals surface area contributed by atoms with Gasteiger partial charge >= 0.3 is 0 Å². The fourth-order valence-electron chi connectivity index (χ4n) is 1.87. The molecule has 1 aromatic carbocycles. The third-order valence-electron chi connectivity index (χ3n) is 3.09. The van der Waals surface area contributed by atoms with Crippen molar-refractivity contribution in [2.75, 3.05) is 21.3 Å². The highest BCUT2D eigenvalue weighted by Gasteiger charge is 2.19. The van der Waals surface area contributed by atoms with E-state index in [1.165, 1.54) is 0 Å². The monoisotopic (exact) mass is 280 g/mol. The smallest absolute Gasteiger partial charge is 0.203 e. The van der Waals surface area contributed by atoms with Crippen molar-refractivity contribution in [3.8, 4) is 17.2 Å². The van der Waals surface area contributed by atoms with Gasteiger partial charge in [0.15, 0.2) is 17.3 Å². The van der Waals surface area contributed by atoms with Gasteiger partial charge in [-0.05, 0) is 24.0 Å². The maximum absolute atomic E-state index is 12.3. The summed E-state index contributed by atoms with van der Waals surface area (Å²) in [7, 11) is 4.63. The van der Waals surface area contributed by atoms with Crippen LogP contribution in [0, 0.1) is 5.41 Å². The molecular formula is C16H24O4. The Morgan fingerprint density at radius 1 is 1.00 bits per heavy atom. The van der Waals surface area contributed by atoms with Gasteiger partial charge < -0.3 is 14.2 Å². The van der Waals surface area contributed by atoms with Crippen molar-refractivity contribution in [2.45, 2.75) is 33.6 Å². The third kappa shape index (κ3) is 4.15. The fourth-order valence-corrected chi connectivity index (χ4v) is 1.87. The second-order valence-corrected chi connectivity index (χ2v) is 5.90. The normalized spacial score (nSPS) is 11.1. The fraction of sp³-hybridized carbons (Fsp3) is 0.562. The molecule has 0 amide bonds. The van der Waals surface area contributed by atoms with E-state index in [4.69, 9.17) is 14.2 Å². The Kier molecular flexibility index (Phi) is 5.43. The van der Waals surface area contributed by atoms with Crippen LogP contribution >= 0.6 is 0 Å². The molecule has 0 aromatic heterocycles. The second-order valence-electron chi connectivity index (χ2n) is 5.90. The lowest BCUT2D eigenvalue weighted by Gasteiger charge is -2.18. The molecule has 0 bridgehead atoms. The Bertz CT molecular complexity index is 447. The van der Waals surface area contributed by atoms with E-state index in [1.807, 2.05) is 0 Å². The molecule has 20 heavy (non-hydrogen) atoms. The SMILES string of the molecule is COc1cc(C(=O)CCC(C)(C)C)cc(OC)c1OC. The van der Waals surface area contributed by atoms with Crippen LogP contribution in [0.3, 0.4) is 0 Å². The molecule has 1 aromatic rings. The Balaban J connectivity index is 3.04. The van der Waals surface area contributed by atoms with E-state index in [9.17, 15) is 4.79 Å². The van der Waals surface area contributed by atoms with Crippen LogP contribution in [0.2, 0.25) is 0 Å². The number of Topliss-reactive ketones (excluding diaryl/α,β-unsaturated/α-hetero) is 1. The van der Waals surface area contributed by atoms with Gasteiger partial charge in [0.25, 0.3) is 0 Å². The summed E-state index contributed by atoms with van der Waals surface area (Å²) in [4.78, 5) is 12.3. The van der Waals surface area contributed by atoms with Crippen LogP contribution in [0.5, 0.6) is 17.2 Å². The maximum atomic E-state index is 12.3. The predicted molar refractivity (Wildman–Crippen MR) is 79.1 cm³/mol. The highest BCUT2D eigenvalue weighted by Crippen LogP contribution is 2.38. The van der Waals surface area contributed by atoms with E-state index < -0.39 is 0 Å². The molecule has 0 aliphatic heterocycles. The first-order chi connectivity index (χ1) is 9.32. The highest BCUT2D eigenvalue weighted by molar-refractivity contribution is 5.97. The Hall–Kier alpha value is -1.71. The van der Waals surface area contributed by atoms with Crippen molar-refractivity contribution in [1.29, 1.82) is 0 Å². The van der Waals surface area contributed by atoms with Gasteiger partial charge in [-0.15, -0.1) is 0 Å². The number of benzene rings is 1. The van der Waals surface area contributed by atoms with E-state index >= 15 is 0 Å². The van der Waals surface area contributed by atoms with E-state index in [2.05, 4.69) is 20.8 Å². The van der Waals surface area contributed by atoms with Gasteiger partial charge in [0.2, 0.25) is 5.75 Å². The zero-order valence-electron chi connectivity index (χ0n) is 13.2. The van der Waals surface area contributed by atoms with E-state index in [0.717, 1.165) is 6.42 Å². The van der Waals surface area contributed by atoms with Crippen molar-refractivity contribution < 1.29 is 19.0 Å². The number of carbonyl (C=O) groups is 1. The summed E-state index contributed by atoms with van der Waals surface area (Å²) < 4.78 is 15.8. The summed E-state index contributed by atoms with van der Waals surface area (Å²) in [5, 5.41) is 0. The van der Waals surface area contributed by atoms with Gasteiger partial charge in [0.05, 0.1) is 21.3 Å². The molecule has 0 N–H and O–H groups in total. The van der Waals surface area contributed by atoms with Crippen molar-refractivity contribution in [3.63, 3.8) is 0 Å². The second kappa shape index (κ2) is 6.64. The van der Waals surface area contributed by atoms with Crippen molar-refractivity contribution >= 4 is 5.78 Å². The van der Waals surface area contributed by atoms with Crippen molar-refractivity contribution in [2.24, 2.45) is 5.41 Å². The number of ketones is 1. The van der Waals surface area contributed by atoms with Gasteiger partial charge in [-0.25, -0.2) is 0 Å². The molecule has 0 atom stereocenters. The molecule has 1 rings (SSSR count). The van der Waals surface area contributed by atoms with E-state index in [1.54, 1.807) is 33.5 Å². The third-order valence-corrected chi connectivity index (χ3v) is 3.09. The Morgan fingerprint density at radius 2 is 1.50 bits per heavy atom. The van der Waals surface area contributed by atoms with Crippen LogP contribution in [0.1, 0.15) is 44.0 Å². The van der Waals surface area contributed by atoms with Gasteiger partial charge in [0, 0.05) is 12.0 Å². The summed E-state index contributed by atoms with van der Waals surface area (Å²) in [5.74, 6) is 1.60. The van der Waals surface area contributed by atoms with Crippen LogP contribution in [0.4, 0.5) is 0 Å². The molecule has 4 heteroatoms. The highest BCUT2D eigenvalue weighted by atomic mass is 16.5. The predicted octanol–water partition coefficient (Wildman–Crippen LogP) is 3.72. The minimum Gasteiger partial charge on any atom is -0.493 e. The lowest BCUT2D eigenvalue weighted by atomic mass is 9.88. The molecule has 0 unspecified atom stereocenters. The average molecular weight is 280 g/mol. The van der Waals surface area contributed by atoms with E-state index in [0.29, 0.717) is 29.2 Å². The van der Waals surface area contributed by atoms with Crippen LogP contribution in [-0.2, 0) is 0 Å². The molecule has 4 nitrogen and oxygen atoms in total. The molecule has 0 saturated heterocycles. The van der Waals surface area contributed by atoms with Crippen LogP contribution in [0.15, 0.2) is 12.1 Å². The molecule has 0 radical (unpaired) electrons. The number of carbonyl (C=O) groups excluding carboxylic acids is 1. The van der Waals surface area contributed by atoms with Gasteiger partial charge in [-0.1, -0.05) is 20.8 Å². The molecule has 0 aliphatic carbocycles. The minimum absolute atomic E-state index is 0.0826. The van der Waals surface area contributed by atoms with Crippen LogP contribution < -0.4 is 14.2 Å². The molecule has 112 valence electrons. The number of rotatable bonds is 6. The van der Waals surface area contributed by atoms with Crippen molar-refractivity contribution in [3.05, 3.63) is 17.7 Å². The van der Waals surface area contributed by atoms with E-state index in [-0.39, 0.29) is 11.2 Å². The van der Waals surface area contributed by atoms with Crippen LogP contribution in [-0.4, -0.2) is 27.1 Å². The summed E-state index contributed by atoms with van der Waals surface area (Å²) >= 11 is 0. The molecule has 0 saturated carbocycles. The Morgan fingerprint density at radius 3 is 1.85 bits per heavy atom. The van der Waals surface area contributed by atoms with Crippen LogP contribution in [0.25, 0.3) is 0 Å². The largest absolute Gasteiger partial charge is 0.493 e. The first-order valence-electron chi connectivity index (χ1n) is 6.65. The molecule has 0 spiro atoms. The number of hydrogen-bond donors (Lipinski definition) is 0. The molecule has 0 aliphatic rings. The molecule has 0 heterocycles. The van der Waals surface area contributed by atoms with Gasteiger partial charge in [-0.2, -0.15) is 0 Å². The summed E-state index contributed by atoms with van der Waals surface area (Å²) in [6, 6.07) is 3.40. The topological polar surface area (TPSA) is 44.8 Å². The van der Waals surface area contributed by atoms with Crippen molar-refractivity contribution in [1.82, 2.24) is 0 Å². The first-order valence-corrected chi connectivity index (χ1v) is 6.65. The zero-order valence-corrected chi connectivity index (χ0v) is 13.2.